The van der Waals surface area contributed by atoms with Gasteiger partial charge in [-0.05, 0) is 112 Å². The van der Waals surface area contributed by atoms with Crippen LogP contribution in [0.5, 0.6) is 0 Å². The van der Waals surface area contributed by atoms with Gasteiger partial charge in [0.1, 0.15) is 11.9 Å². The maximum atomic E-state index is 13.1. The van der Waals surface area contributed by atoms with Gasteiger partial charge in [0.25, 0.3) is 0 Å². The van der Waals surface area contributed by atoms with Crippen molar-refractivity contribution in [3.8, 4) is 6.07 Å². The summed E-state index contributed by atoms with van der Waals surface area (Å²) >= 11 is 0. The Kier molecular flexibility index (Phi) is 7.83. The molecule has 0 radical (unpaired) electrons. The average molecular weight is 384 g/mol. The average Bonchev–Trinajstić information content (AvgIpc) is 2.74. The molecule has 0 aromatic heterocycles. The number of benzene rings is 1. The van der Waals surface area contributed by atoms with E-state index in [0.29, 0.717) is 30.1 Å². The first-order valence-electron chi connectivity index (χ1n) is 10.8. The van der Waals surface area contributed by atoms with Crippen molar-refractivity contribution in [3.05, 3.63) is 59.7 Å². The number of nitriles is 1. The molecule has 0 amide bonds. The van der Waals surface area contributed by atoms with E-state index in [1.54, 1.807) is 18.2 Å². The van der Waals surface area contributed by atoms with E-state index in [1.807, 2.05) is 12.1 Å². The fourth-order valence-electron chi connectivity index (χ4n) is 4.85. The van der Waals surface area contributed by atoms with Gasteiger partial charge in [-0.25, -0.2) is 4.39 Å². The Labute approximate surface area is 168 Å². The van der Waals surface area contributed by atoms with Gasteiger partial charge in [-0.2, -0.15) is 9.65 Å². The molecule has 3 rings (SSSR count). The maximum absolute atomic E-state index is 13.1. The van der Waals surface area contributed by atoms with Crippen molar-refractivity contribution in [1.82, 2.24) is 0 Å². The lowest BCUT2D eigenvalue weighted by Gasteiger charge is -2.29. The molecule has 0 heterocycles. The second-order valence-corrected chi connectivity index (χ2v) is 8.57. The molecule has 28 heavy (non-hydrogen) atoms. The Balaban J connectivity index is 1.36. The molecule has 0 N–H and O–H groups in total. The van der Waals surface area contributed by atoms with Gasteiger partial charge in [-0.1, -0.05) is 24.3 Å². The highest BCUT2D eigenvalue weighted by Crippen LogP contribution is 2.37. The molecule has 1 aromatic carbocycles. The Morgan fingerprint density at radius 2 is 1.50 bits per heavy atom. The Hall–Kier alpha value is -1.95. The third-order valence-electron chi connectivity index (χ3n) is 6.67. The van der Waals surface area contributed by atoms with Crippen LogP contribution in [0.4, 0.5) is 8.78 Å². The molecule has 0 bridgehead atoms. The molecule has 0 atom stereocenters. The summed E-state index contributed by atoms with van der Waals surface area (Å²) in [5.41, 5.74) is 1.28. The second kappa shape index (κ2) is 10.6. The van der Waals surface area contributed by atoms with E-state index in [1.165, 1.54) is 63.0 Å². The van der Waals surface area contributed by atoms with Crippen LogP contribution in [0, 0.1) is 34.9 Å². The van der Waals surface area contributed by atoms with Gasteiger partial charge in [0.05, 0.1) is 0 Å². The van der Waals surface area contributed by atoms with Crippen molar-refractivity contribution < 1.29 is 8.78 Å². The van der Waals surface area contributed by atoms with E-state index in [4.69, 9.17) is 5.26 Å². The van der Waals surface area contributed by atoms with Gasteiger partial charge in [-0.15, -0.1) is 0 Å². The highest BCUT2D eigenvalue weighted by Gasteiger charge is 2.22. The van der Waals surface area contributed by atoms with Crippen molar-refractivity contribution in [2.75, 3.05) is 0 Å². The van der Waals surface area contributed by atoms with Gasteiger partial charge in [-0.3, -0.25) is 0 Å². The number of halogens is 2. The summed E-state index contributed by atoms with van der Waals surface area (Å²) in [5.74, 6) is 1.84. The molecule has 0 saturated heterocycles. The quantitative estimate of drug-likeness (QED) is 0.366. The summed E-state index contributed by atoms with van der Waals surface area (Å²) in [6, 6.07) is 8.58. The second-order valence-electron chi connectivity index (χ2n) is 8.57. The molecule has 2 saturated carbocycles. The third kappa shape index (κ3) is 6.30. The van der Waals surface area contributed by atoms with Crippen LogP contribution < -0.4 is 0 Å². The number of nitrogens with zero attached hydrogens (tertiary/aromatic N) is 1. The van der Waals surface area contributed by atoms with Crippen molar-refractivity contribution in [2.45, 2.75) is 70.1 Å². The van der Waals surface area contributed by atoms with Crippen LogP contribution in [0.3, 0.4) is 0 Å². The summed E-state index contributed by atoms with van der Waals surface area (Å²) in [4.78, 5) is 0. The van der Waals surface area contributed by atoms with E-state index in [0.717, 1.165) is 6.42 Å². The normalized spacial score (nSPS) is 29.0. The minimum Gasteiger partial charge on any atom is -0.207 e. The first-order chi connectivity index (χ1) is 13.6. The van der Waals surface area contributed by atoms with Crippen molar-refractivity contribution in [1.29, 1.82) is 5.26 Å². The number of hydrogen-bond acceptors (Lipinski definition) is 1. The largest absolute Gasteiger partial charge is 0.207 e. The highest BCUT2D eigenvalue weighted by molar-refractivity contribution is 5.21. The fourth-order valence-corrected chi connectivity index (χ4v) is 4.85. The van der Waals surface area contributed by atoms with Gasteiger partial charge in [0.15, 0.2) is 5.83 Å². The fraction of sp³-hybridized carbons (Fsp3) is 0.560. The monoisotopic (exact) mass is 383 g/mol. The minimum atomic E-state index is -0.647. The van der Waals surface area contributed by atoms with E-state index in [9.17, 15) is 8.78 Å². The maximum Gasteiger partial charge on any atom is 0.196 e. The molecule has 0 spiro atoms. The first-order valence-corrected chi connectivity index (χ1v) is 10.8. The predicted molar refractivity (Wildman–Crippen MR) is 110 cm³/mol. The van der Waals surface area contributed by atoms with E-state index in [2.05, 4.69) is 12.2 Å². The number of hydrogen-bond donors (Lipinski definition) is 0. The number of allylic oxidation sites excluding steroid dienone is 4. The van der Waals surface area contributed by atoms with Crippen molar-refractivity contribution in [2.24, 2.45) is 17.8 Å². The lowest BCUT2D eigenvalue weighted by atomic mass is 9.77. The number of rotatable bonds is 6. The molecule has 150 valence electrons. The van der Waals surface area contributed by atoms with Gasteiger partial charge in [0.2, 0.25) is 0 Å². The predicted octanol–water partition coefficient (Wildman–Crippen LogP) is 7.62. The molecule has 2 fully saturated rings. The standard InChI is InChI=1S/C25H31F2N/c26-24-16-14-23(15-17-24)22-12-10-21(11-13-22)9-8-20-6-4-19(5-7-20)2-1-3-25(27)18-28/h3,8-9,14-17,19-22H,1-2,4-7,10-13H2/b9-8+,25-3?. The van der Waals surface area contributed by atoms with Crippen molar-refractivity contribution >= 4 is 0 Å². The van der Waals surface area contributed by atoms with Crippen molar-refractivity contribution in [3.63, 3.8) is 0 Å². The van der Waals surface area contributed by atoms with E-state index < -0.39 is 5.83 Å². The Bertz CT molecular complexity index is 697. The Morgan fingerprint density at radius 1 is 0.929 bits per heavy atom. The van der Waals surface area contributed by atoms with Crippen LogP contribution in [0.2, 0.25) is 0 Å². The van der Waals surface area contributed by atoms with Crippen LogP contribution in [-0.4, -0.2) is 0 Å². The minimum absolute atomic E-state index is 0.152. The van der Waals surface area contributed by atoms with E-state index in [-0.39, 0.29) is 5.82 Å². The lowest BCUT2D eigenvalue weighted by molar-refractivity contribution is 0.295. The zero-order valence-electron chi connectivity index (χ0n) is 16.6. The molecule has 0 aliphatic heterocycles. The summed E-state index contributed by atoms with van der Waals surface area (Å²) in [7, 11) is 0. The molecule has 2 aliphatic carbocycles. The highest BCUT2D eigenvalue weighted by atomic mass is 19.1. The Morgan fingerprint density at radius 3 is 2.07 bits per heavy atom. The van der Waals surface area contributed by atoms with Gasteiger partial charge >= 0.3 is 0 Å². The zero-order valence-corrected chi connectivity index (χ0v) is 16.6. The third-order valence-corrected chi connectivity index (χ3v) is 6.67. The van der Waals surface area contributed by atoms with Gasteiger partial charge < -0.3 is 0 Å². The molecule has 1 aromatic rings. The molecule has 1 nitrogen and oxygen atoms in total. The molecular weight excluding hydrogens is 352 g/mol. The SMILES string of the molecule is N#CC(F)=CCCC1CCC(/C=C/C2CCC(c3ccc(F)cc3)CC2)CC1. The molecular formula is C25H31F2N. The lowest BCUT2D eigenvalue weighted by Crippen LogP contribution is -2.14. The summed E-state index contributed by atoms with van der Waals surface area (Å²) < 4.78 is 25.9. The van der Waals surface area contributed by atoms with Crippen LogP contribution in [0.15, 0.2) is 48.3 Å². The van der Waals surface area contributed by atoms with Crippen LogP contribution in [-0.2, 0) is 0 Å². The molecule has 2 aliphatic rings. The summed E-state index contributed by atoms with van der Waals surface area (Å²) in [6.07, 6.45) is 17.8. The van der Waals surface area contributed by atoms with E-state index >= 15 is 0 Å². The topological polar surface area (TPSA) is 23.8 Å². The smallest absolute Gasteiger partial charge is 0.196 e. The summed E-state index contributed by atoms with van der Waals surface area (Å²) in [5, 5.41) is 8.44. The van der Waals surface area contributed by atoms with Gasteiger partial charge in [0, 0.05) is 0 Å². The zero-order chi connectivity index (χ0) is 19.8. The van der Waals surface area contributed by atoms with Crippen LogP contribution in [0.25, 0.3) is 0 Å². The first kappa shape index (κ1) is 20.8. The van der Waals surface area contributed by atoms with Crippen LogP contribution in [0.1, 0.15) is 75.7 Å². The van der Waals surface area contributed by atoms with Crippen LogP contribution >= 0.6 is 0 Å². The molecule has 0 unspecified atom stereocenters. The summed E-state index contributed by atoms with van der Waals surface area (Å²) in [6.45, 7) is 0. The molecule has 3 heteroatoms.